The van der Waals surface area contributed by atoms with Crippen molar-refractivity contribution in [3.05, 3.63) is 59.4 Å². The summed E-state index contributed by atoms with van der Waals surface area (Å²) in [6.07, 6.45) is 3.41. The van der Waals surface area contributed by atoms with E-state index in [4.69, 9.17) is 4.99 Å². The van der Waals surface area contributed by atoms with Crippen molar-refractivity contribution in [2.24, 2.45) is 4.99 Å². The van der Waals surface area contributed by atoms with E-state index < -0.39 is 18.2 Å². The molecule has 0 bridgehead atoms. The Labute approximate surface area is 163 Å². The number of carbonyl (C=O) groups excluding carboxylic acids is 2. The first-order valence-electron chi connectivity index (χ1n) is 9.13. The van der Waals surface area contributed by atoms with Gasteiger partial charge in [-0.3, -0.25) is 10.1 Å². The van der Waals surface area contributed by atoms with Gasteiger partial charge < -0.3 is 9.80 Å². The molecule has 0 spiro atoms. The van der Waals surface area contributed by atoms with Gasteiger partial charge in [-0.2, -0.15) is 5.10 Å². The first-order valence-corrected chi connectivity index (χ1v) is 9.13. The van der Waals surface area contributed by atoms with Crippen molar-refractivity contribution in [3.8, 4) is 0 Å². The van der Waals surface area contributed by atoms with Crippen LogP contribution < -0.4 is 5.32 Å². The molecule has 2 unspecified atom stereocenters. The van der Waals surface area contributed by atoms with Crippen molar-refractivity contribution < 1.29 is 9.59 Å². The van der Waals surface area contributed by atoms with Crippen LogP contribution >= 0.6 is 0 Å². The second-order valence-corrected chi connectivity index (χ2v) is 7.00. The summed E-state index contributed by atoms with van der Waals surface area (Å²) in [5, 5.41) is 6.93. The number of benzene rings is 1. The van der Waals surface area contributed by atoms with E-state index in [0.717, 1.165) is 17.0 Å². The average Bonchev–Trinajstić information content (AvgIpc) is 3.20. The van der Waals surface area contributed by atoms with Gasteiger partial charge in [-0.1, -0.05) is 42.5 Å². The molecule has 144 valence electrons. The van der Waals surface area contributed by atoms with Gasteiger partial charge in [0.25, 0.3) is 5.91 Å². The number of aromatic nitrogens is 2. The van der Waals surface area contributed by atoms with Gasteiger partial charge in [0.1, 0.15) is 0 Å². The zero-order valence-electron chi connectivity index (χ0n) is 16.0. The summed E-state index contributed by atoms with van der Waals surface area (Å²) in [7, 11) is 1.64. The molecule has 0 saturated carbocycles. The van der Waals surface area contributed by atoms with Crippen LogP contribution in [0.1, 0.15) is 17.0 Å². The molecule has 2 aromatic rings. The van der Waals surface area contributed by atoms with Crippen LogP contribution in [0.5, 0.6) is 0 Å². The molecule has 0 radical (unpaired) electrons. The van der Waals surface area contributed by atoms with Crippen LogP contribution in [0.4, 0.5) is 4.79 Å². The third-order valence-electron chi connectivity index (χ3n) is 4.95. The zero-order chi connectivity index (χ0) is 19.8. The fourth-order valence-corrected chi connectivity index (χ4v) is 3.58. The Morgan fingerprint density at radius 2 is 1.93 bits per heavy atom. The molecule has 1 saturated heterocycles. The van der Waals surface area contributed by atoms with Gasteiger partial charge in [0.05, 0.1) is 5.69 Å². The Balaban J connectivity index is 1.69. The number of hydrogen-bond acceptors (Lipinski definition) is 5. The van der Waals surface area contributed by atoms with E-state index in [1.807, 2.05) is 67.3 Å². The van der Waals surface area contributed by atoms with Crippen LogP contribution in [0.3, 0.4) is 0 Å². The zero-order valence-corrected chi connectivity index (χ0v) is 16.0. The topological polar surface area (TPSA) is 82.8 Å². The highest BCUT2D eigenvalue weighted by atomic mass is 16.2. The van der Waals surface area contributed by atoms with Crippen LogP contribution in [-0.2, 0) is 4.79 Å². The van der Waals surface area contributed by atoms with E-state index >= 15 is 0 Å². The van der Waals surface area contributed by atoms with Gasteiger partial charge in [-0.05, 0) is 25.5 Å². The monoisotopic (exact) mass is 378 g/mol. The number of likely N-dealkylation sites (N-methyl/N-ethyl adjacent to an activating group) is 1. The highest BCUT2D eigenvalue weighted by Gasteiger charge is 2.49. The summed E-state index contributed by atoms with van der Waals surface area (Å²) < 4.78 is 1.73. The Morgan fingerprint density at radius 3 is 2.61 bits per heavy atom. The molecule has 1 fully saturated rings. The highest BCUT2D eigenvalue weighted by Crippen LogP contribution is 2.25. The number of nitrogens with one attached hydrogen (secondary N) is 1. The normalized spacial score (nSPS) is 21.9. The quantitative estimate of drug-likeness (QED) is 0.880. The van der Waals surface area contributed by atoms with Gasteiger partial charge in [0, 0.05) is 19.3 Å². The molecule has 1 aromatic carbocycles. The first kappa shape index (κ1) is 18.0. The molecule has 2 atom stereocenters. The molecular weight excluding hydrogens is 356 g/mol. The number of amides is 3. The summed E-state index contributed by atoms with van der Waals surface area (Å²) in [4.78, 5) is 32.7. The Hall–Kier alpha value is -3.42. The van der Waals surface area contributed by atoms with Gasteiger partial charge in [0.2, 0.25) is 5.96 Å². The summed E-state index contributed by atoms with van der Waals surface area (Å²) in [5.41, 5.74) is 2.85. The van der Waals surface area contributed by atoms with Crippen molar-refractivity contribution in [3.63, 3.8) is 0 Å². The molecule has 3 heterocycles. The number of fused-ring (bicyclic) bond motifs is 1. The second-order valence-electron chi connectivity index (χ2n) is 7.00. The number of aliphatic imine (C=N–C) groups is 1. The predicted octanol–water partition coefficient (Wildman–Crippen LogP) is 1.61. The number of imide groups is 1. The largest absolute Gasteiger partial charge is 0.325 e. The maximum atomic E-state index is 12.6. The lowest BCUT2D eigenvalue weighted by Gasteiger charge is -2.35. The molecule has 2 aliphatic heterocycles. The van der Waals surface area contributed by atoms with Gasteiger partial charge in [-0.15, -0.1) is 0 Å². The standard InChI is InChI=1S/C20H22N6O2/c1-13-12-14(2)26(23-13)19-21-17-16(18(27)22-20(28)24(17)3)25(19)11-7-10-15-8-5-4-6-9-15/h4-10,12,16-17H,11H2,1-3H3,(H,22,27,28)/b10-7+. The molecule has 4 rings (SSSR count). The fourth-order valence-electron chi connectivity index (χ4n) is 3.58. The maximum Gasteiger partial charge on any atom is 0.325 e. The Bertz CT molecular complexity index is 978. The van der Waals surface area contributed by atoms with Gasteiger partial charge in [0.15, 0.2) is 12.2 Å². The van der Waals surface area contributed by atoms with Gasteiger partial charge in [-0.25, -0.2) is 14.5 Å². The summed E-state index contributed by atoms with van der Waals surface area (Å²) >= 11 is 0. The molecule has 8 heteroatoms. The van der Waals surface area contributed by atoms with Crippen molar-refractivity contribution in [2.75, 3.05) is 13.6 Å². The lowest BCUT2D eigenvalue weighted by Crippen LogP contribution is -2.63. The molecule has 1 N–H and O–H groups in total. The maximum absolute atomic E-state index is 12.6. The smallest absolute Gasteiger partial charge is 0.321 e. The predicted molar refractivity (Wildman–Crippen MR) is 106 cm³/mol. The number of urea groups is 1. The van der Waals surface area contributed by atoms with Crippen molar-refractivity contribution in [2.45, 2.75) is 26.1 Å². The van der Waals surface area contributed by atoms with E-state index in [2.05, 4.69) is 10.4 Å². The third kappa shape index (κ3) is 3.06. The number of aryl methyl sites for hydroxylation is 2. The molecule has 1 aromatic heterocycles. The van der Waals surface area contributed by atoms with E-state index in [0.29, 0.717) is 12.5 Å². The Kier molecular flexibility index (Phi) is 4.46. The minimum atomic E-state index is -0.595. The summed E-state index contributed by atoms with van der Waals surface area (Å²) in [6.45, 7) is 4.31. The van der Waals surface area contributed by atoms with E-state index in [1.165, 1.54) is 4.90 Å². The van der Waals surface area contributed by atoms with Crippen molar-refractivity contribution >= 4 is 24.0 Å². The molecule has 8 nitrogen and oxygen atoms in total. The molecule has 0 aliphatic carbocycles. The fraction of sp³-hybridized carbons (Fsp3) is 0.300. The molecule has 28 heavy (non-hydrogen) atoms. The minimum Gasteiger partial charge on any atom is -0.321 e. The van der Waals surface area contributed by atoms with Crippen LogP contribution in [0.25, 0.3) is 6.08 Å². The van der Waals surface area contributed by atoms with Crippen molar-refractivity contribution in [1.82, 2.24) is 24.9 Å². The Morgan fingerprint density at radius 1 is 1.18 bits per heavy atom. The lowest BCUT2D eigenvalue weighted by molar-refractivity contribution is -0.126. The second kappa shape index (κ2) is 6.95. The average molecular weight is 378 g/mol. The molecule has 3 amide bonds. The number of hydrogen-bond donors (Lipinski definition) is 1. The van der Waals surface area contributed by atoms with Gasteiger partial charge >= 0.3 is 6.03 Å². The van der Waals surface area contributed by atoms with E-state index in [-0.39, 0.29) is 5.91 Å². The van der Waals surface area contributed by atoms with Crippen LogP contribution in [-0.4, -0.2) is 63.3 Å². The summed E-state index contributed by atoms with van der Waals surface area (Å²) in [5.74, 6) is 0.219. The molecule has 2 aliphatic rings. The third-order valence-corrected chi connectivity index (χ3v) is 4.95. The number of rotatable bonds is 3. The number of nitrogens with zero attached hydrogens (tertiary/aromatic N) is 5. The van der Waals surface area contributed by atoms with E-state index in [1.54, 1.807) is 11.7 Å². The SMILES string of the molecule is Cc1cc(C)n(C2=NC3C(C(=O)NC(=O)N3C)N2C/C=C/c2ccccc2)n1. The minimum absolute atomic E-state index is 0.346. The lowest BCUT2D eigenvalue weighted by atomic mass is 10.1. The van der Waals surface area contributed by atoms with E-state index in [9.17, 15) is 9.59 Å². The van der Waals surface area contributed by atoms with Crippen LogP contribution in [0, 0.1) is 13.8 Å². The summed E-state index contributed by atoms with van der Waals surface area (Å²) in [6, 6.07) is 10.9. The molecular formula is C20H22N6O2. The van der Waals surface area contributed by atoms with Crippen LogP contribution in [0.2, 0.25) is 0 Å². The van der Waals surface area contributed by atoms with Crippen molar-refractivity contribution in [1.29, 1.82) is 0 Å². The first-order chi connectivity index (χ1) is 13.5. The van der Waals surface area contributed by atoms with Crippen LogP contribution in [0.15, 0.2) is 47.5 Å². The highest BCUT2D eigenvalue weighted by molar-refractivity contribution is 6.04. The number of carbonyl (C=O) groups is 2.